The lowest BCUT2D eigenvalue weighted by Crippen LogP contribution is -2.11. The van der Waals surface area contributed by atoms with E-state index in [2.05, 4.69) is 15.0 Å². The second kappa shape index (κ2) is 4.53. The molecule has 1 aromatic rings. The number of rotatable bonds is 2. The van der Waals surface area contributed by atoms with E-state index >= 15 is 0 Å². The zero-order valence-corrected chi connectivity index (χ0v) is 11.0. The third-order valence-electron chi connectivity index (χ3n) is 2.88. The molecule has 2 atom stereocenters. The molecule has 0 aliphatic carbocycles. The van der Waals surface area contributed by atoms with Gasteiger partial charge in [-0.05, 0) is 26.0 Å². The number of aliphatic imine (C=N–C) groups is 2. The molecule has 3 heterocycles. The van der Waals surface area contributed by atoms with Crippen molar-refractivity contribution in [3.05, 3.63) is 23.5 Å². The summed E-state index contributed by atoms with van der Waals surface area (Å²) in [6.45, 7) is 5.14. The molecule has 0 radical (unpaired) electrons. The Morgan fingerprint density at radius 3 is 1.84 bits per heavy atom. The van der Waals surface area contributed by atoms with E-state index in [1.54, 1.807) is 12.1 Å². The van der Waals surface area contributed by atoms with Gasteiger partial charge in [0.15, 0.2) is 0 Å². The van der Waals surface area contributed by atoms with Crippen LogP contribution in [0.5, 0.6) is 0 Å². The van der Waals surface area contributed by atoms with Crippen LogP contribution in [0.2, 0.25) is 0 Å². The number of nitrogens with two attached hydrogens (primary N) is 1. The SMILES string of the molecule is C[C@H]1COC(c2cc(N)cc(C3=N[C@@H](C)CO3)n2)=N1. The summed E-state index contributed by atoms with van der Waals surface area (Å²) in [5, 5.41) is 0. The molecule has 0 unspecified atom stereocenters. The number of hydrogen-bond acceptors (Lipinski definition) is 6. The molecule has 6 heteroatoms. The number of pyridine rings is 1. The van der Waals surface area contributed by atoms with Gasteiger partial charge in [-0.15, -0.1) is 0 Å². The van der Waals surface area contributed by atoms with Crippen LogP contribution in [-0.4, -0.2) is 42.1 Å². The average Bonchev–Trinajstić information content (AvgIpc) is 2.97. The summed E-state index contributed by atoms with van der Waals surface area (Å²) in [6, 6.07) is 3.81. The summed E-state index contributed by atoms with van der Waals surface area (Å²) < 4.78 is 11.0. The van der Waals surface area contributed by atoms with Crippen LogP contribution >= 0.6 is 0 Å². The smallest absolute Gasteiger partial charge is 0.235 e. The molecule has 19 heavy (non-hydrogen) atoms. The van der Waals surface area contributed by atoms with E-state index in [0.717, 1.165) is 0 Å². The summed E-state index contributed by atoms with van der Waals surface area (Å²) in [4.78, 5) is 13.2. The summed E-state index contributed by atoms with van der Waals surface area (Å²) in [6.07, 6.45) is 0. The Hall–Kier alpha value is -2.11. The molecule has 1 aromatic heterocycles. The number of aromatic nitrogens is 1. The Labute approximate surface area is 111 Å². The Kier molecular flexibility index (Phi) is 2.85. The molecule has 0 aromatic carbocycles. The lowest BCUT2D eigenvalue weighted by atomic mass is 10.2. The van der Waals surface area contributed by atoms with Crippen LogP contribution < -0.4 is 5.73 Å². The first-order chi connectivity index (χ1) is 9.11. The fourth-order valence-electron chi connectivity index (χ4n) is 2.00. The maximum Gasteiger partial charge on any atom is 0.235 e. The molecule has 3 rings (SSSR count). The van der Waals surface area contributed by atoms with Crippen molar-refractivity contribution < 1.29 is 9.47 Å². The van der Waals surface area contributed by atoms with Crippen molar-refractivity contribution in [1.82, 2.24) is 4.98 Å². The maximum atomic E-state index is 5.90. The first-order valence-electron chi connectivity index (χ1n) is 6.31. The summed E-state index contributed by atoms with van der Waals surface area (Å²) in [7, 11) is 0. The van der Waals surface area contributed by atoms with Gasteiger partial charge in [-0.1, -0.05) is 0 Å². The fraction of sp³-hybridized carbons (Fsp3) is 0.462. The van der Waals surface area contributed by atoms with Crippen molar-refractivity contribution in [2.24, 2.45) is 9.98 Å². The normalized spacial score (nSPS) is 25.6. The minimum Gasteiger partial charge on any atom is -0.474 e. The highest BCUT2D eigenvalue weighted by atomic mass is 16.5. The van der Waals surface area contributed by atoms with Gasteiger partial charge in [0, 0.05) is 5.69 Å². The Morgan fingerprint density at radius 1 is 1.00 bits per heavy atom. The molecule has 0 bridgehead atoms. The number of nitrogens with zero attached hydrogens (tertiary/aromatic N) is 3. The van der Waals surface area contributed by atoms with E-state index in [1.807, 2.05) is 13.8 Å². The molecule has 2 aliphatic rings. The van der Waals surface area contributed by atoms with Crippen LogP contribution in [0.1, 0.15) is 25.2 Å². The zero-order valence-electron chi connectivity index (χ0n) is 11.0. The van der Waals surface area contributed by atoms with Gasteiger partial charge in [-0.25, -0.2) is 15.0 Å². The molecular weight excluding hydrogens is 244 g/mol. The van der Waals surface area contributed by atoms with Crippen LogP contribution in [0.15, 0.2) is 22.1 Å². The second-order valence-electron chi connectivity index (χ2n) is 4.86. The maximum absolute atomic E-state index is 5.90. The summed E-state index contributed by atoms with van der Waals surface area (Å²) >= 11 is 0. The Balaban J connectivity index is 1.97. The highest BCUT2D eigenvalue weighted by molar-refractivity contribution is 5.98. The first-order valence-corrected chi connectivity index (χ1v) is 6.31. The van der Waals surface area contributed by atoms with Crippen LogP contribution in [0.25, 0.3) is 0 Å². The van der Waals surface area contributed by atoms with Crippen molar-refractivity contribution >= 4 is 17.5 Å². The molecule has 0 saturated carbocycles. The van der Waals surface area contributed by atoms with Gasteiger partial charge in [0.25, 0.3) is 0 Å². The average molecular weight is 260 g/mol. The fourth-order valence-corrected chi connectivity index (χ4v) is 2.00. The Bertz CT molecular complexity index is 522. The van der Waals surface area contributed by atoms with Crippen molar-refractivity contribution in [2.45, 2.75) is 25.9 Å². The standard InChI is InChI=1S/C13H16N4O2/c1-7-5-18-12(15-7)10-3-9(14)4-11(17-10)13-16-8(2)6-19-13/h3-4,7-8H,5-6H2,1-2H3,(H2,14,17)/t7-,8-/m0/s1. The molecule has 2 N–H and O–H groups in total. The highest BCUT2D eigenvalue weighted by Crippen LogP contribution is 2.17. The van der Waals surface area contributed by atoms with Crippen LogP contribution in [0, 0.1) is 0 Å². The van der Waals surface area contributed by atoms with Crippen LogP contribution in [0.3, 0.4) is 0 Å². The minimum absolute atomic E-state index is 0.154. The monoisotopic (exact) mass is 260 g/mol. The molecule has 6 nitrogen and oxygen atoms in total. The van der Waals surface area contributed by atoms with Gasteiger partial charge in [-0.3, -0.25) is 0 Å². The molecular formula is C13H16N4O2. The lowest BCUT2D eigenvalue weighted by molar-refractivity contribution is 0.321. The van der Waals surface area contributed by atoms with E-state index < -0.39 is 0 Å². The van der Waals surface area contributed by atoms with Gasteiger partial charge >= 0.3 is 0 Å². The number of anilines is 1. The first kappa shape index (κ1) is 12.0. The van der Waals surface area contributed by atoms with Gasteiger partial charge in [0.05, 0.1) is 12.1 Å². The van der Waals surface area contributed by atoms with Crippen LogP contribution in [-0.2, 0) is 9.47 Å². The number of ether oxygens (including phenoxy) is 2. The summed E-state index contributed by atoms with van der Waals surface area (Å²) in [5.41, 5.74) is 7.76. The van der Waals surface area contributed by atoms with Gasteiger partial charge < -0.3 is 15.2 Å². The van der Waals surface area contributed by atoms with Crippen molar-refractivity contribution in [3.63, 3.8) is 0 Å². The van der Waals surface area contributed by atoms with Crippen LogP contribution in [0.4, 0.5) is 5.69 Å². The highest BCUT2D eigenvalue weighted by Gasteiger charge is 2.22. The van der Waals surface area contributed by atoms with Crippen molar-refractivity contribution in [2.75, 3.05) is 18.9 Å². The second-order valence-corrected chi connectivity index (χ2v) is 4.86. The summed E-state index contributed by atoms with van der Waals surface area (Å²) in [5.74, 6) is 1.07. The van der Waals surface area contributed by atoms with Crippen molar-refractivity contribution in [3.8, 4) is 0 Å². The third-order valence-corrected chi connectivity index (χ3v) is 2.88. The largest absolute Gasteiger partial charge is 0.474 e. The van der Waals surface area contributed by atoms with Gasteiger partial charge in [0.1, 0.15) is 24.6 Å². The molecule has 0 spiro atoms. The molecule has 0 amide bonds. The quantitative estimate of drug-likeness (QED) is 0.859. The van der Waals surface area contributed by atoms with Gasteiger partial charge in [-0.2, -0.15) is 0 Å². The van der Waals surface area contributed by atoms with E-state index in [0.29, 0.717) is 42.1 Å². The molecule has 100 valence electrons. The predicted octanol–water partition coefficient (Wildman–Crippen LogP) is 0.994. The topological polar surface area (TPSA) is 82.1 Å². The van der Waals surface area contributed by atoms with E-state index in [9.17, 15) is 0 Å². The van der Waals surface area contributed by atoms with E-state index in [1.165, 1.54) is 0 Å². The minimum atomic E-state index is 0.154. The molecule has 0 saturated heterocycles. The zero-order chi connectivity index (χ0) is 13.4. The van der Waals surface area contributed by atoms with Gasteiger partial charge in [0.2, 0.25) is 11.8 Å². The van der Waals surface area contributed by atoms with Crippen molar-refractivity contribution in [1.29, 1.82) is 0 Å². The predicted molar refractivity (Wildman–Crippen MR) is 72.6 cm³/mol. The molecule has 0 fully saturated rings. The number of hydrogen-bond donors (Lipinski definition) is 1. The van der Waals surface area contributed by atoms with E-state index in [-0.39, 0.29) is 12.1 Å². The lowest BCUT2D eigenvalue weighted by Gasteiger charge is -2.06. The van der Waals surface area contributed by atoms with E-state index in [4.69, 9.17) is 15.2 Å². The molecule has 2 aliphatic heterocycles. The Morgan fingerprint density at radius 2 is 1.47 bits per heavy atom. The number of nitrogen functional groups attached to an aromatic ring is 1. The third kappa shape index (κ3) is 2.38.